The first-order chi connectivity index (χ1) is 17.5. The number of pyridine rings is 1. The Balaban J connectivity index is 1.69. The fourth-order valence-electron chi connectivity index (χ4n) is 4.63. The maximum absolute atomic E-state index is 13.8. The molecule has 4 aromatic rings. The van der Waals surface area contributed by atoms with Crippen molar-refractivity contribution in [1.82, 2.24) is 9.88 Å². The van der Waals surface area contributed by atoms with Crippen molar-refractivity contribution < 1.29 is 18.7 Å². The Bertz CT molecular complexity index is 1480. The van der Waals surface area contributed by atoms with Crippen LogP contribution in [0.3, 0.4) is 0 Å². The minimum absolute atomic E-state index is 0.0783. The summed E-state index contributed by atoms with van der Waals surface area (Å²) in [7, 11) is 0. The van der Waals surface area contributed by atoms with Crippen LogP contribution in [0.25, 0.3) is 11.0 Å². The number of aromatic nitrogens is 1. The van der Waals surface area contributed by atoms with Gasteiger partial charge in [0.05, 0.1) is 30.2 Å². The molecule has 1 aliphatic heterocycles. The largest absolute Gasteiger partial charge is 0.490 e. The zero-order chi connectivity index (χ0) is 25.2. The Kier molecular flexibility index (Phi) is 6.46. The van der Waals surface area contributed by atoms with Gasteiger partial charge in [-0.1, -0.05) is 30.7 Å². The molecular formula is C29H28N2O5. The van der Waals surface area contributed by atoms with Gasteiger partial charge in [-0.25, -0.2) is 0 Å². The number of hydrogen-bond donors (Lipinski definition) is 0. The van der Waals surface area contributed by atoms with Crippen molar-refractivity contribution in [3.8, 4) is 11.5 Å². The van der Waals surface area contributed by atoms with Crippen LogP contribution < -0.4 is 14.9 Å². The molecule has 3 heterocycles. The maximum Gasteiger partial charge on any atom is 0.291 e. The van der Waals surface area contributed by atoms with Gasteiger partial charge in [-0.05, 0) is 61.7 Å². The van der Waals surface area contributed by atoms with Gasteiger partial charge in [0.25, 0.3) is 5.91 Å². The molecular weight excluding hydrogens is 456 g/mol. The first-order valence-electron chi connectivity index (χ1n) is 12.2. The van der Waals surface area contributed by atoms with Crippen LogP contribution >= 0.6 is 0 Å². The van der Waals surface area contributed by atoms with E-state index in [0.29, 0.717) is 41.2 Å². The number of benzene rings is 2. The molecule has 1 unspecified atom stereocenters. The lowest BCUT2D eigenvalue weighted by molar-refractivity contribution is 0.0714. The zero-order valence-corrected chi connectivity index (χ0v) is 20.6. The summed E-state index contributed by atoms with van der Waals surface area (Å²) in [5.74, 6) is 0.955. The van der Waals surface area contributed by atoms with Crippen molar-refractivity contribution in [2.24, 2.45) is 0 Å². The van der Waals surface area contributed by atoms with Crippen LogP contribution in [0.2, 0.25) is 0 Å². The second kappa shape index (κ2) is 9.85. The van der Waals surface area contributed by atoms with E-state index in [2.05, 4.69) is 4.98 Å². The van der Waals surface area contributed by atoms with Crippen molar-refractivity contribution in [2.75, 3.05) is 13.2 Å². The lowest BCUT2D eigenvalue weighted by Crippen LogP contribution is -2.29. The van der Waals surface area contributed by atoms with Crippen molar-refractivity contribution in [3.05, 3.63) is 99.2 Å². The number of amides is 1. The third kappa shape index (κ3) is 4.21. The van der Waals surface area contributed by atoms with E-state index in [1.165, 1.54) is 0 Å². The van der Waals surface area contributed by atoms with Crippen molar-refractivity contribution in [2.45, 2.75) is 39.8 Å². The molecule has 1 atom stereocenters. The predicted molar refractivity (Wildman–Crippen MR) is 137 cm³/mol. The summed E-state index contributed by atoms with van der Waals surface area (Å²) >= 11 is 0. The van der Waals surface area contributed by atoms with Crippen molar-refractivity contribution in [3.63, 3.8) is 0 Å². The minimum atomic E-state index is -0.645. The molecule has 0 radical (unpaired) electrons. The van der Waals surface area contributed by atoms with Gasteiger partial charge in [-0.3, -0.25) is 14.6 Å². The van der Waals surface area contributed by atoms with Gasteiger partial charge in [0, 0.05) is 18.9 Å². The third-order valence-electron chi connectivity index (χ3n) is 6.24. The van der Waals surface area contributed by atoms with Crippen LogP contribution in [0, 0.1) is 6.92 Å². The lowest BCUT2D eigenvalue weighted by Gasteiger charge is -2.26. The summed E-state index contributed by atoms with van der Waals surface area (Å²) in [6.45, 7) is 7.16. The van der Waals surface area contributed by atoms with E-state index in [1.54, 1.807) is 29.4 Å². The van der Waals surface area contributed by atoms with Gasteiger partial charge in [0.15, 0.2) is 16.9 Å². The molecule has 0 spiro atoms. The second-order valence-corrected chi connectivity index (χ2v) is 8.86. The Morgan fingerprint density at radius 2 is 1.89 bits per heavy atom. The standard InChI is InChI=1S/C29H28N2O5/c1-4-13-35-23-11-9-20(15-24(23)34-5-2)26-25-27(32)21-14-18(3)8-10-22(21)36-28(25)29(33)31(26)17-19-7-6-12-30-16-19/h6-12,14-16,26H,4-5,13,17H2,1-3H3. The van der Waals surface area contributed by atoms with Gasteiger partial charge < -0.3 is 18.8 Å². The van der Waals surface area contributed by atoms with E-state index in [1.807, 2.05) is 57.2 Å². The monoisotopic (exact) mass is 484 g/mol. The molecule has 0 saturated heterocycles. The van der Waals surface area contributed by atoms with Gasteiger partial charge in [-0.15, -0.1) is 0 Å². The van der Waals surface area contributed by atoms with Gasteiger partial charge in [0.2, 0.25) is 5.76 Å². The number of rotatable bonds is 8. The Morgan fingerprint density at radius 3 is 2.64 bits per heavy atom. The third-order valence-corrected chi connectivity index (χ3v) is 6.24. The summed E-state index contributed by atoms with van der Waals surface area (Å²) in [6.07, 6.45) is 4.27. The molecule has 1 aliphatic rings. The molecule has 0 saturated carbocycles. The Hall–Kier alpha value is -4.13. The van der Waals surface area contributed by atoms with E-state index >= 15 is 0 Å². The van der Waals surface area contributed by atoms with Crippen molar-refractivity contribution in [1.29, 1.82) is 0 Å². The zero-order valence-electron chi connectivity index (χ0n) is 20.6. The number of aryl methyl sites for hydroxylation is 1. The lowest BCUT2D eigenvalue weighted by atomic mass is 9.97. The van der Waals surface area contributed by atoms with E-state index < -0.39 is 6.04 Å². The number of nitrogens with zero attached hydrogens (tertiary/aromatic N) is 2. The number of ether oxygens (including phenoxy) is 2. The van der Waals surface area contributed by atoms with Crippen LogP contribution in [0.1, 0.15) is 59.1 Å². The molecule has 2 aromatic carbocycles. The average Bonchev–Trinajstić information content (AvgIpc) is 3.16. The van der Waals surface area contributed by atoms with E-state index in [9.17, 15) is 9.59 Å². The fraction of sp³-hybridized carbons (Fsp3) is 0.276. The number of carbonyl (C=O) groups excluding carboxylic acids is 1. The first-order valence-corrected chi connectivity index (χ1v) is 12.2. The second-order valence-electron chi connectivity index (χ2n) is 8.86. The maximum atomic E-state index is 13.8. The van der Waals surface area contributed by atoms with Crippen LogP contribution in [0.15, 0.2) is 70.1 Å². The average molecular weight is 485 g/mol. The molecule has 1 amide bonds. The fourth-order valence-corrected chi connectivity index (χ4v) is 4.63. The van der Waals surface area contributed by atoms with Gasteiger partial charge in [0.1, 0.15) is 5.58 Å². The molecule has 7 heteroatoms. The molecule has 184 valence electrons. The molecule has 5 rings (SSSR count). The summed E-state index contributed by atoms with van der Waals surface area (Å²) in [5.41, 5.74) is 3.08. The van der Waals surface area contributed by atoms with Crippen LogP contribution in [0.4, 0.5) is 0 Å². The molecule has 0 fully saturated rings. The summed E-state index contributed by atoms with van der Waals surface area (Å²) < 4.78 is 17.8. The molecule has 36 heavy (non-hydrogen) atoms. The highest BCUT2D eigenvalue weighted by molar-refractivity contribution is 5.99. The van der Waals surface area contributed by atoms with Gasteiger partial charge >= 0.3 is 0 Å². The quantitative estimate of drug-likeness (QED) is 0.332. The topological polar surface area (TPSA) is 81.9 Å². The van der Waals surface area contributed by atoms with E-state index in [0.717, 1.165) is 23.1 Å². The Labute approximate surface area is 209 Å². The summed E-state index contributed by atoms with van der Waals surface area (Å²) in [6, 6.07) is 14.1. The van der Waals surface area contributed by atoms with Crippen LogP contribution in [-0.4, -0.2) is 29.0 Å². The molecule has 0 aliphatic carbocycles. The molecule has 0 bridgehead atoms. The number of hydrogen-bond acceptors (Lipinski definition) is 6. The highest BCUT2D eigenvalue weighted by Crippen LogP contribution is 2.41. The number of carbonyl (C=O) groups is 1. The van der Waals surface area contributed by atoms with Gasteiger partial charge in [-0.2, -0.15) is 0 Å². The minimum Gasteiger partial charge on any atom is -0.490 e. The van der Waals surface area contributed by atoms with E-state index in [-0.39, 0.29) is 23.6 Å². The van der Waals surface area contributed by atoms with Crippen LogP contribution in [-0.2, 0) is 6.54 Å². The summed E-state index contributed by atoms with van der Waals surface area (Å²) in [4.78, 5) is 33.3. The number of fused-ring (bicyclic) bond motifs is 2. The smallest absolute Gasteiger partial charge is 0.291 e. The highest BCUT2D eigenvalue weighted by Gasteiger charge is 2.43. The predicted octanol–water partition coefficient (Wildman–Crippen LogP) is 5.43. The molecule has 7 nitrogen and oxygen atoms in total. The summed E-state index contributed by atoms with van der Waals surface area (Å²) in [5, 5.41) is 0.461. The highest BCUT2D eigenvalue weighted by atomic mass is 16.5. The van der Waals surface area contributed by atoms with Crippen molar-refractivity contribution >= 4 is 16.9 Å². The van der Waals surface area contributed by atoms with E-state index in [4.69, 9.17) is 13.9 Å². The normalized spacial score (nSPS) is 14.8. The Morgan fingerprint density at radius 1 is 1.03 bits per heavy atom. The SMILES string of the molecule is CCCOc1ccc(C2c3c(oc4ccc(C)cc4c3=O)C(=O)N2Cc2cccnc2)cc1OCC. The first kappa shape index (κ1) is 23.6. The molecule has 2 aromatic heterocycles. The van der Waals surface area contributed by atoms with Crippen LogP contribution in [0.5, 0.6) is 11.5 Å². The molecule has 0 N–H and O–H groups in total.